The summed E-state index contributed by atoms with van der Waals surface area (Å²) in [6.45, 7) is 0.774. The van der Waals surface area contributed by atoms with Gasteiger partial charge in [-0.05, 0) is 35.7 Å². The molecule has 2 rings (SSSR count). The Bertz CT molecular complexity index is 584. The van der Waals surface area contributed by atoms with Gasteiger partial charge in [-0.15, -0.1) is 0 Å². The Hall–Kier alpha value is -1.52. The van der Waals surface area contributed by atoms with Gasteiger partial charge < -0.3 is 10.1 Å². The average molecular weight is 369 g/mol. The summed E-state index contributed by atoms with van der Waals surface area (Å²) in [5.74, 6) is 0. The number of nitrogens with one attached hydrogen (secondary N) is 1. The second-order valence-corrected chi connectivity index (χ2v) is 5.87. The SMILES string of the molecule is O=C(NCCc1cc(Cl)cc(Br)c1)OCc1ccccc1. The third-order valence-electron chi connectivity index (χ3n) is 2.82. The molecule has 0 fully saturated rings. The maximum absolute atomic E-state index is 11.6. The summed E-state index contributed by atoms with van der Waals surface area (Å²) in [5.41, 5.74) is 2.02. The molecule has 0 saturated heterocycles. The molecule has 0 saturated carbocycles. The Balaban J connectivity index is 1.72. The second kappa shape index (κ2) is 8.05. The van der Waals surface area contributed by atoms with Crippen LogP contribution in [0.5, 0.6) is 0 Å². The normalized spacial score (nSPS) is 10.2. The molecular weight excluding hydrogens is 354 g/mol. The van der Waals surface area contributed by atoms with E-state index in [0.29, 0.717) is 18.0 Å². The van der Waals surface area contributed by atoms with Crippen LogP contribution in [0.25, 0.3) is 0 Å². The van der Waals surface area contributed by atoms with Gasteiger partial charge in [0, 0.05) is 16.0 Å². The van der Waals surface area contributed by atoms with Crippen LogP contribution < -0.4 is 5.32 Å². The molecular formula is C16H15BrClNO2. The average Bonchev–Trinajstić information content (AvgIpc) is 2.45. The standard InChI is InChI=1S/C16H15BrClNO2/c17-14-8-13(9-15(18)10-14)6-7-19-16(20)21-11-12-4-2-1-3-5-12/h1-5,8-10H,6-7,11H2,(H,19,20). The smallest absolute Gasteiger partial charge is 0.407 e. The van der Waals surface area contributed by atoms with Crippen molar-refractivity contribution in [2.24, 2.45) is 0 Å². The van der Waals surface area contributed by atoms with E-state index in [0.717, 1.165) is 15.6 Å². The largest absolute Gasteiger partial charge is 0.445 e. The molecule has 0 radical (unpaired) electrons. The van der Waals surface area contributed by atoms with E-state index in [1.807, 2.05) is 48.5 Å². The monoisotopic (exact) mass is 367 g/mol. The third kappa shape index (κ3) is 5.78. The number of halogens is 2. The van der Waals surface area contributed by atoms with Gasteiger partial charge in [-0.2, -0.15) is 0 Å². The number of amides is 1. The fourth-order valence-electron chi connectivity index (χ4n) is 1.84. The highest BCUT2D eigenvalue weighted by atomic mass is 79.9. The Morgan fingerprint density at radius 3 is 2.62 bits per heavy atom. The van der Waals surface area contributed by atoms with Gasteiger partial charge in [-0.3, -0.25) is 0 Å². The molecule has 0 aliphatic rings. The van der Waals surface area contributed by atoms with E-state index in [9.17, 15) is 4.79 Å². The third-order valence-corrected chi connectivity index (χ3v) is 3.49. The Kier molecular flexibility index (Phi) is 6.08. The van der Waals surface area contributed by atoms with Crippen molar-refractivity contribution in [1.82, 2.24) is 5.32 Å². The van der Waals surface area contributed by atoms with Crippen molar-refractivity contribution >= 4 is 33.6 Å². The summed E-state index contributed by atoms with van der Waals surface area (Å²) in [6.07, 6.45) is 0.277. The molecule has 5 heteroatoms. The van der Waals surface area contributed by atoms with Crippen molar-refractivity contribution in [2.75, 3.05) is 6.54 Å². The molecule has 0 spiro atoms. The molecule has 0 aliphatic heterocycles. The van der Waals surface area contributed by atoms with Crippen LogP contribution >= 0.6 is 27.5 Å². The molecule has 0 atom stereocenters. The molecule has 1 amide bonds. The van der Waals surface area contributed by atoms with E-state index < -0.39 is 6.09 Å². The Morgan fingerprint density at radius 2 is 1.90 bits per heavy atom. The minimum absolute atomic E-state index is 0.273. The van der Waals surface area contributed by atoms with Gasteiger partial charge in [0.25, 0.3) is 0 Å². The van der Waals surface area contributed by atoms with E-state index >= 15 is 0 Å². The molecule has 0 heterocycles. The summed E-state index contributed by atoms with van der Waals surface area (Å²) >= 11 is 9.36. The number of rotatable bonds is 5. The maximum atomic E-state index is 11.6. The molecule has 1 N–H and O–H groups in total. The first-order chi connectivity index (χ1) is 10.1. The number of hydrogen-bond donors (Lipinski definition) is 1. The molecule has 0 aromatic heterocycles. The zero-order valence-corrected chi connectivity index (χ0v) is 13.7. The van der Waals surface area contributed by atoms with Gasteiger partial charge in [0.05, 0.1) is 0 Å². The molecule has 3 nitrogen and oxygen atoms in total. The lowest BCUT2D eigenvalue weighted by Gasteiger charge is -2.07. The zero-order valence-electron chi connectivity index (χ0n) is 11.3. The van der Waals surface area contributed by atoms with Crippen LogP contribution in [0.3, 0.4) is 0 Å². The van der Waals surface area contributed by atoms with Gasteiger partial charge in [-0.25, -0.2) is 4.79 Å². The van der Waals surface area contributed by atoms with Gasteiger partial charge in [0.1, 0.15) is 6.61 Å². The van der Waals surface area contributed by atoms with Crippen molar-refractivity contribution in [3.05, 3.63) is 69.2 Å². The fraction of sp³-hybridized carbons (Fsp3) is 0.188. The molecule has 110 valence electrons. The predicted molar refractivity (Wildman–Crippen MR) is 87.5 cm³/mol. The van der Waals surface area contributed by atoms with Crippen LogP contribution in [-0.2, 0) is 17.8 Å². The number of ether oxygens (including phenoxy) is 1. The molecule has 0 bridgehead atoms. The lowest BCUT2D eigenvalue weighted by atomic mass is 10.1. The number of carbonyl (C=O) groups is 1. The molecule has 21 heavy (non-hydrogen) atoms. The van der Waals surface area contributed by atoms with Crippen molar-refractivity contribution in [1.29, 1.82) is 0 Å². The van der Waals surface area contributed by atoms with E-state index in [4.69, 9.17) is 16.3 Å². The van der Waals surface area contributed by atoms with Crippen LogP contribution in [0.2, 0.25) is 5.02 Å². The summed E-state index contributed by atoms with van der Waals surface area (Å²) in [5, 5.41) is 3.39. The van der Waals surface area contributed by atoms with Crippen molar-refractivity contribution in [3.8, 4) is 0 Å². The van der Waals surface area contributed by atoms with Gasteiger partial charge in [0.2, 0.25) is 0 Å². The van der Waals surface area contributed by atoms with Gasteiger partial charge in [-0.1, -0.05) is 57.9 Å². The van der Waals surface area contributed by atoms with Gasteiger partial charge in [0.15, 0.2) is 0 Å². The molecule has 0 unspecified atom stereocenters. The van der Waals surface area contributed by atoms with Crippen LogP contribution in [0.4, 0.5) is 4.79 Å². The Labute approximate surface area is 137 Å². The highest BCUT2D eigenvalue weighted by Gasteiger charge is 2.03. The van der Waals surface area contributed by atoms with Crippen LogP contribution in [0.15, 0.2) is 53.0 Å². The zero-order chi connectivity index (χ0) is 15.1. The topological polar surface area (TPSA) is 38.3 Å². The van der Waals surface area contributed by atoms with Crippen molar-refractivity contribution in [2.45, 2.75) is 13.0 Å². The predicted octanol–water partition coefficient (Wildman–Crippen LogP) is 4.57. The first-order valence-corrected chi connectivity index (χ1v) is 7.70. The Morgan fingerprint density at radius 1 is 1.14 bits per heavy atom. The molecule has 2 aromatic carbocycles. The molecule has 0 aliphatic carbocycles. The van der Waals surface area contributed by atoms with Crippen molar-refractivity contribution < 1.29 is 9.53 Å². The van der Waals surface area contributed by atoms with Crippen LogP contribution in [-0.4, -0.2) is 12.6 Å². The maximum Gasteiger partial charge on any atom is 0.407 e. The highest BCUT2D eigenvalue weighted by Crippen LogP contribution is 2.19. The summed E-state index contributed by atoms with van der Waals surface area (Å²) in [7, 11) is 0. The minimum atomic E-state index is -0.417. The quantitative estimate of drug-likeness (QED) is 0.839. The first kappa shape index (κ1) is 15.9. The number of hydrogen-bond acceptors (Lipinski definition) is 2. The van der Waals surface area contributed by atoms with Crippen molar-refractivity contribution in [3.63, 3.8) is 0 Å². The van der Waals surface area contributed by atoms with Gasteiger partial charge >= 0.3 is 6.09 Å². The fourth-order valence-corrected chi connectivity index (χ4v) is 2.77. The highest BCUT2D eigenvalue weighted by molar-refractivity contribution is 9.10. The summed E-state index contributed by atoms with van der Waals surface area (Å²) in [6, 6.07) is 15.3. The summed E-state index contributed by atoms with van der Waals surface area (Å²) < 4.78 is 6.06. The van der Waals surface area contributed by atoms with Crippen LogP contribution in [0, 0.1) is 0 Å². The van der Waals surface area contributed by atoms with E-state index in [-0.39, 0.29) is 6.61 Å². The second-order valence-electron chi connectivity index (χ2n) is 4.52. The molecule has 2 aromatic rings. The van der Waals surface area contributed by atoms with E-state index in [1.165, 1.54) is 0 Å². The summed E-state index contributed by atoms with van der Waals surface area (Å²) in [4.78, 5) is 11.6. The number of alkyl carbamates (subject to hydrolysis) is 1. The van der Waals surface area contributed by atoms with E-state index in [2.05, 4.69) is 21.2 Å². The lowest BCUT2D eigenvalue weighted by molar-refractivity contribution is 0.140. The number of benzene rings is 2. The number of carbonyl (C=O) groups excluding carboxylic acids is 1. The van der Waals surface area contributed by atoms with Crippen LogP contribution in [0.1, 0.15) is 11.1 Å². The van der Waals surface area contributed by atoms with E-state index in [1.54, 1.807) is 0 Å². The first-order valence-electron chi connectivity index (χ1n) is 6.53. The lowest BCUT2D eigenvalue weighted by Crippen LogP contribution is -2.26. The minimum Gasteiger partial charge on any atom is -0.445 e.